The summed E-state index contributed by atoms with van der Waals surface area (Å²) in [6, 6.07) is 0. The van der Waals surface area contributed by atoms with E-state index >= 15 is 0 Å². The average Bonchev–Trinajstić information content (AvgIpc) is 2.26. The third-order valence-corrected chi connectivity index (χ3v) is 6.08. The van der Waals surface area contributed by atoms with Gasteiger partial charge < -0.3 is 4.79 Å². The smallest absolute Gasteiger partial charge is 0.129 e. The van der Waals surface area contributed by atoms with Crippen LogP contribution < -0.4 is 0 Å². The predicted molar refractivity (Wildman–Crippen MR) is 81.0 cm³/mol. The molecule has 1 unspecified atom stereocenters. The van der Waals surface area contributed by atoms with Gasteiger partial charge in [0.15, 0.2) is 0 Å². The molecule has 0 aromatic carbocycles. The summed E-state index contributed by atoms with van der Waals surface area (Å²) in [7, 11) is 0. The predicted octanol–water partition coefficient (Wildman–Crippen LogP) is 5.15. The quantitative estimate of drug-likeness (QED) is 0.642. The van der Waals surface area contributed by atoms with Crippen LogP contribution in [0.4, 0.5) is 0 Å². The summed E-state index contributed by atoms with van der Waals surface area (Å²) in [5.41, 5.74) is 2.41. The van der Waals surface area contributed by atoms with Gasteiger partial charge in [-0.3, -0.25) is 0 Å². The molecule has 2 aliphatic rings. The van der Waals surface area contributed by atoms with Gasteiger partial charge in [0.25, 0.3) is 0 Å². The van der Waals surface area contributed by atoms with Crippen molar-refractivity contribution in [3.8, 4) is 0 Å². The number of ketones is 1. The Balaban J connectivity index is 2.28. The van der Waals surface area contributed by atoms with Crippen molar-refractivity contribution < 1.29 is 4.79 Å². The van der Waals surface area contributed by atoms with Crippen LogP contribution in [0.1, 0.15) is 73.1 Å². The molecule has 0 bridgehead atoms. The molecule has 2 rings (SSSR count). The molecule has 0 aliphatic heterocycles. The Kier molecular flexibility index (Phi) is 3.95. The Morgan fingerprint density at radius 1 is 1.32 bits per heavy atom. The van der Waals surface area contributed by atoms with Gasteiger partial charge in [0.1, 0.15) is 5.78 Å². The van der Waals surface area contributed by atoms with Crippen LogP contribution in [0.15, 0.2) is 11.6 Å². The first kappa shape index (κ1) is 14.8. The van der Waals surface area contributed by atoms with Crippen LogP contribution in [-0.4, -0.2) is 5.78 Å². The second kappa shape index (κ2) is 5.07. The maximum atomic E-state index is 11.4. The normalized spacial score (nSPS) is 37.4. The highest BCUT2D eigenvalue weighted by Crippen LogP contribution is 2.60. The fourth-order valence-electron chi connectivity index (χ4n) is 5.04. The third-order valence-electron chi connectivity index (χ3n) is 6.08. The second-order valence-corrected chi connectivity index (χ2v) is 7.88. The van der Waals surface area contributed by atoms with Crippen LogP contribution in [-0.2, 0) is 4.79 Å². The zero-order valence-electron chi connectivity index (χ0n) is 13.4. The first-order chi connectivity index (χ1) is 8.77. The van der Waals surface area contributed by atoms with Crippen molar-refractivity contribution in [3.05, 3.63) is 11.6 Å². The summed E-state index contributed by atoms with van der Waals surface area (Å²) in [4.78, 5) is 11.4. The molecule has 0 aromatic heterocycles. The van der Waals surface area contributed by atoms with Gasteiger partial charge in [-0.1, -0.05) is 38.8 Å². The lowest BCUT2D eigenvalue weighted by atomic mass is 9.48. The van der Waals surface area contributed by atoms with Crippen molar-refractivity contribution in [2.75, 3.05) is 0 Å². The summed E-state index contributed by atoms with van der Waals surface area (Å²) in [6.45, 7) is 11.4. The molecule has 0 radical (unpaired) electrons. The Labute approximate surface area is 118 Å². The Bertz CT molecular complexity index is 390. The lowest BCUT2D eigenvalue weighted by Crippen LogP contribution is -2.48. The fourth-order valence-corrected chi connectivity index (χ4v) is 5.04. The lowest BCUT2D eigenvalue weighted by molar-refractivity contribution is -0.117. The molecular weight excluding hydrogens is 232 g/mol. The van der Waals surface area contributed by atoms with Crippen LogP contribution in [0, 0.1) is 22.7 Å². The van der Waals surface area contributed by atoms with Crippen molar-refractivity contribution in [3.63, 3.8) is 0 Å². The van der Waals surface area contributed by atoms with E-state index < -0.39 is 0 Å². The van der Waals surface area contributed by atoms with Gasteiger partial charge in [-0.2, -0.15) is 0 Å². The summed E-state index contributed by atoms with van der Waals surface area (Å²) >= 11 is 0. The van der Waals surface area contributed by atoms with Crippen LogP contribution in [0.25, 0.3) is 0 Å². The zero-order valence-corrected chi connectivity index (χ0v) is 13.4. The summed E-state index contributed by atoms with van der Waals surface area (Å²) in [6.07, 6.45) is 9.56. The topological polar surface area (TPSA) is 17.1 Å². The highest BCUT2D eigenvalue weighted by atomic mass is 16.1. The van der Waals surface area contributed by atoms with Crippen molar-refractivity contribution in [1.29, 1.82) is 0 Å². The number of hydrogen-bond donors (Lipinski definition) is 0. The van der Waals surface area contributed by atoms with Crippen LogP contribution in [0.5, 0.6) is 0 Å². The van der Waals surface area contributed by atoms with Crippen molar-refractivity contribution >= 4 is 5.78 Å². The van der Waals surface area contributed by atoms with E-state index in [2.05, 4.69) is 33.8 Å². The highest BCUT2D eigenvalue weighted by molar-refractivity contribution is 5.75. The standard InChI is InChI=1S/C18H30O/c1-13-7-10-16-17(3,4)11-6-12-18(16,5)15(13)9-8-14(2)19/h7,15-16H,6,8-12H2,1-5H3/t15-,16?,18+/m0/s1. The molecule has 0 amide bonds. The number of hydrogen-bond acceptors (Lipinski definition) is 1. The Morgan fingerprint density at radius 3 is 2.63 bits per heavy atom. The van der Waals surface area contributed by atoms with Crippen molar-refractivity contribution in [1.82, 2.24) is 0 Å². The molecule has 1 nitrogen and oxygen atoms in total. The molecule has 1 fully saturated rings. The molecule has 1 heteroatoms. The zero-order chi connectivity index (χ0) is 14.3. The van der Waals surface area contributed by atoms with E-state index in [9.17, 15) is 4.79 Å². The van der Waals surface area contributed by atoms with E-state index in [-0.39, 0.29) is 0 Å². The largest absolute Gasteiger partial charge is 0.300 e. The molecule has 2 aliphatic carbocycles. The Morgan fingerprint density at radius 2 is 2.00 bits per heavy atom. The van der Waals surface area contributed by atoms with Crippen LogP contribution >= 0.6 is 0 Å². The maximum absolute atomic E-state index is 11.4. The summed E-state index contributed by atoms with van der Waals surface area (Å²) in [5, 5.41) is 0. The van der Waals surface area contributed by atoms with E-state index in [1.807, 2.05) is 0 Å². The van der Waals surface area contributed by atoms with E-state index in [0.717, 1.165) is 18.8 Å². The molecule has 108 valence electrons. The van der Waals surface area contributed by atoms with Crippen LogP contribution in [0.2, 0.25) is 0 Å². The van der Waals surface area contributed by atoms with E-state index in [1.54, 1.807) is 6.92 Å². The molecule has 0 spiro atoms. The molecule has 3 atom stereocenters. The molecule has 1 saturated carbocycles. The minimum absolute atomic E-state index is 0.341. The number of Topliss-reactive ketones (excluding diaryl/α,β-unsaturated/α-hetero) is 1. The van der Waals surface area contributed by atoms with Crippen LogP contribution in [0.3, 0.4) is 0 Å². The molecule has 0 heterocycles. The van der Waals surface area contributed by atoms with Gasteiger partial charge in [0.05, 0.1) is 0 Å². The first-order valence-corrected chi connectivity index (χ1v) is 7.93. The van der Waals surface area contributed by atoms with Gasteiger partial charge in [0, 0.05) is 6.42 Å². The van der Waals surface area contributed by atoms with E-state index in [0.29, 0.717) is 22.5 Å². The lowest BCUT2D eigenvalue weighted by Gasteiger charge is -2.57. The van der Waals surface area contributed by atoms with Gasteiger partial charge in [-0.15, -0.1) is 0 Å². The maximum Gasteiger partial charge on any atom is 0.129 e. The molecule has 19 heavy (non-hydrogen) atoms. The fraction of sp³-hybridized carbons (Fsp3) is 0.833. The summed E-state index contributed by atoms with van der Waals surface area (Å²) in [5.74, 6) is 1.75. The minimum Gasteiger partial charge on any atom is -0.300 e. The van der Waals surface area contributed by atoms with Crippen molar-refractivity contribution in [2.45, 2.75) is 73.1 Å². The monoisotopic (exact) mass is 262 g/mol. The molecule has 0 aromatic rings. The van der Waals surface area contributed by atoms with E-state index in [4.69, 9.17) is 0 Å². The first-order valence-electron chi connectivity index (χ1n) is 7.93. The highest BCUT2D eigenvalue weighted by Gasteiger charge is 2.51. The SMILES string of the molecule is CC(=O)CC[C@H]1C(C)=CCC2C(C)(C)CCC[C@@]21C. The summed E-state index contributed by atoms with van der Waals surface area (Å²) < 4.78 is 0. The van der Waals surface area contributed by atoms with Crippen molar-refractivity contribution in [2.24, 2.45) is 22.7 Å². The number of allylic oxidation sites excluding steroid dienone is 2. The Hall–Kier alpha value is -0.590. The van der Waals surface area contributed by atoms with E-state index in [1.165, 1.54) is 31.3 Å². The molecule has 0 N–H and O–H groups in total. The number of fused-ring (bicyclic) bond motifs is 1. The van der Waals surface area contributed by atoms with Gasteiger partial charge in [0.2, 0.25) is 0 Å². The number of carbonyl (C=O) groups excluding carboxylic acids is 1. The van der Waals surface area contributed by atoms with Gasteiger partial charge in [-0.25, -0.2) is 0 Å². The third kappa shape index (κ3) is 2.66. The second-order valence-electron chi connectivity index (χ2n) is 7.88. The average molecular weight is 262 g/mol. The number of rotatable bonds is 3. The van der Waals surface area contributed by atoms with Gasteiger partial charge in [-0.05, 0) is 62.2 Å². The minimum atomic E-state index is 0.341. The number of carbonyl (C=O) groups is 1. The van der Waals surface area contributed by atoms with Gasteiger partial charge >= 0.3 is 0 Å². The molecule has 0 saturated heterocycles. The molecular formula is C18H30O.